The first-order chi connectivity index (χ1) is 10.8. The Bertz CT molecular complexity index is 637. The summed E-state index contributed by atoms with van der Waals surface area (Å²) < 4.78 is 5.79. The van der Waals surface area contributed by atoms with Crippen LogP contribution in [0.15, 0.2) is 66.7 Å². The SMILES string of the molecule is O=C(C=Cc1ccccc1)N1CCOC(c2ccccc2)C1. The highest BCUT2D eigenvalue weighted by Crippen LogP contribution is 2.22. The van der Waals surface area contributed by atoms with Crippen LogP contribution >= 0.6 is 0 Å². The molecule has 1 aliphatic rings. The van der Waals surface area contributed by atoms with Crippen molar-refractivity contribution < 1.29 is 9.53 Å². The first kappa shape index (κ1) is 14.5. The molecule has 1 aliphatic heterocycles. The predicted octanol–water partition coefficient (Wildman–Crippen LogP) is 3.30. The lowest BCUT2D eigenvalue weighted by molar-refractivity contribution is -0.133. The molecule has 22 heavy (non-hydrogen) atoms. The van der Waals surface area contributed by atoms with Crippen molar-refractivity contribution in [1.82, 2.24) is 4.90 Å². The number of hydrogen-bond donors (Lipinski definition) is 0. The average Bonchev–Trinajstić information content (AvgIpc) is 2.61. The molecule has 112 valence electrons. The van der Waals surface area contributed by atoms with Crippen molar-refractivity contribution in [3.8, 4) is 0 Å². The highest BCUT2D eigenvalue weighted by Gasteiger charge is 2.23. The zero-order valence-corrected chi connectivity index (χ0v) is 12.4. The molecule has 0 saturated carbocycles. The number of benzene rings is 2. The van der Waals surface area contributed by atoms with Gasteiger partial charge in [0.05, 0.1) is 13.2 Å². The highest BCUT2D eigenvalue weighted by molar-refractivity contribution is 5.91. The van der Waals surface area contributed by atoms with Crippen LogP contribution in [-0.2, 0) is 9.53 Å². The first-order valence-corrected chi connectivity index (χ1v) is 7.51. The number of carbonyl (C=O) groups excluding carboxylic acids is 1. The number of morpholine rings is 1. The Morgan fingerprint density at radius 2 is 1.73 bits per heavy atom. The second-order valence-corrected chi connectivity index (χ2v) is 5.30. The normalized spacial score (nSPS) is 18.5. The number of nitrogens with zero attached hydrogens (tertiary/aromatic N) is 1. The van der Waals surface area contributed by atoms with Crippen LogP contribution in [0.4, 0.5) is 0 Å². The van der Waals surface area contributed by atoms with E-state index in [0.29, 0.717) is 19.7 Å². The lowest BCUT2D eigenvalue weighted by Crippen LogP contribution is -2.41. The summed E-state index contributed by atoms with van der Waals surface area (Å²) in [6.45, 7) is 1.81. The largest absolute Gasteiger partial charge is 0.370 e. The first-order valence-electron chi connectivity index (χ1n) is 7.51. The fourth-order valence-corrected chi connectivity index (χ4v) is 2.56. The summed E-state index contributed by atoms with van der Waals surface area (Å²) >= 11 is 0. The van der Waals surface area contributed by atoms with Crippen LogP contribution in [0.25, 0.3) is 6.08 Å². The van der Waals surface area contributed by atoms with Crippen LogP contribution < -0.4 is 0 Å². The molecule has 1 saturated heterocycles. The third-order valence-electron chi connectivity index (χ3n) is 3.77. The van der Waals surface area contributed by atoms with Crippen LogP contribution in [0.2, 0.25) is 0 Å². The van der Waals surface area contributed by atoms with E-state index in [4.69, 9.17) is 4.74 Å². The van der Waals surface area contributed by atoms with Gasteiger partial charge in [-0.2, -0.15) is 0 Å². The van der Waals surface area contributed by atoms with Crippen LogP contribution in [0.5, 0.6) is 0 Å². The Balaban J connectivity index is 1.64. The Labute approximate surface area is 130 Å². The van der Waals surface area contributed by atoms with E-state index in [9.17, 15) is 4.79 Å². The van der Waals surface area contributed by atoms with Crippen LogP contribution in [0.1, 0.15) is 17.2 Å². The van der Waals surface area contributed by atoms with Crippen molar-refractivity contribution in [3.05, 3.63) is 77.9 Å². The van der Waals surface area contributed by atoms with E-state index in [-0.39, 0.29) is 12.0 Å². The Morgan fingerprint density at radius 3 is 2.45 bits per heavy atom. The molecule has 1 unspecified atom stereocenters. The van der Waals surface area contributed by atoms with Gasteiger partial charge >= 0.3 is 0 Å². The van der Waals surface area contributed by atoms with Gasteiger partial charge in [0.2, 0.25) is 5.91 Å². The summed E-state index contributed by atoms with van der Waals surface area (Å²) in [4.78, 5) is 14.2. The van der Waals surface area contributed by atoms with Gasteiger partial charge in [0.15, 0.2) is 0 Å². The van der Waals surface area contributed by atoms with Crippen molar-refractivity contribution in [2.45, 2.75) is 6.10 Å². The Morgan fingerprint density at radius 1 is 1.05 bits per heavy atom. The number of ether oxygens (including phenoxy) is 1. The zero-order chi connectivity index (χ0) is 15.2. The van der Waals surface area contributed by atoms with E-state index in [1.54, 1.807) is 6.08 Å². The van der Waals surface area contributed by atoms with Crippen molar-refractivity contribution in [3.63, 3.8) is 0 Å². The minimum Gasteiger partial charge on any atom is -0.370 e. The topological polar surface area (TPSA) is 29.5 Å². The summed E-state index contributed by atoms with van der Waals surface area (Å²) in [5, 5.41) is 0. The van der Waals surface area contributed by atoms with E-state index in [1.807, 2.05) is 71.6 Å². The quantitative estimate of drug-likeness (QED) is 0.813. The van der Waals surface area contributed by atoms with Gasteiger partial charge in [-0.25, -0.2) is 0 Å². The van der Waals surface area contributed by atoms with Gasteiger partial charge < -0.3 is 9.64 Å². The lowest BCUT2D eigenvalue weighted by Gasteiger charge is -2.32. The van der Waals surface area contributed by atoms with E-state index < -0.39 is 0 Å². The smallest absolute Gasteiger partial charge is 0.246 e. The fraction of sp³-hybridized carbons (Fsp3) is 0.211. The number of carbonyl (C=O) groups is 1. The summed E-state index contributed by atoms with van der Waals surface area (Å²) in [6.07, 6.45) is 3.46. The van der Waals surface area contributed by atoms with Gasteiger partial charge in [-0.15, -0.1) is 0 Å². The summed E-state index contributed by atoms with van der Waals surface area (Å²) in [6, 6.07) is 19.9. The molecule has 2 aromatic rings. The standard InChI is InChI=1S/C19H19NO2/c21-19(12-11-16-7-3-1-4-8-16)20-13-14-22-18(15-20)17-9-5-2-6-10-17/h1-12,18H,13-15H2. The summed E-state index contributed by atoms with van der Waals surface area (Å²) in [5.41, 5.74) is 2.15. The van der Waals surface area contributed by atoms with Gasteiger partial charge in [-0.1, -0.05) is 60.7 Å². The molecule has 0 bridgehead atoms. The fourth-order valence-electron chi connectivity index (χ4n) is 2.56. The van der Waals surface area contributed by atoms with Gasteiger partial charge in [0.1, 0.15) is 6.10 Å². The molecule has 1 fully saturated rings. The molecule has 3 nitrogen and oxygen atoms in total. The number of hydrogen-bond acceptors (Lipinski definition) is 2. The van der Waals surface area contributed by atoms with Crippen LogP contribution in [0, 0.1) is 0 Å². The Hall–Kier alpha value is -2.39. The molecule has 0 aliphatic carbocycles. The summed E-state index contributed by atoms with van der Waals surface area (Å²) in [5.74, 6) is 0.0353. The van der Waals surface area contributed by atoms with Crippen LogP contribution in [-0.4, -0.2) is 30.5 Å². The lowest BCUT2D eigenvalue weighted by atomic mass is 10.1. The van der Waals surface area contributed by atoms with E-state index in [2.05, 4.69) is 0 Å². The number of amides is 1. The van der Waals surface area contributed by atoms with Gasteiger partial charge in [-0.3, -0.25) is 4.79 Å². The molecule has 0 spiro atoms. The number of rotatable bonds is 3. The van der Waals surface area contributed by atoms with Crippen molar-refractivity contribution >= 4 is 12.0 Å². The third-order valence-corrected chi connectivity index (χ3v) is 3.77. The molecule has 0 aromatic heterocycles. The monoisotopic (exact) mass is 293 g/mol. The molecule has 0 N–H and O–H groups in total. The molecule has 0 radical (unpaired) electrons. The zero-order valence-electron chi connectivity index (χ0n) is 12.4. The van der Waals surface area contributed by atoms with Crippen molar-refractivity contribution in [2.24, 2.45) is 0 Å². The van der Waals surface area contributed by atoms with E-state index in [1.165, 1.54) is 0 Å². The molecule has 1 atom stereocenters. The average molecular weight is 293 g/mol. The van der Waals surface area contributed by atoms with E-state index in [0.717, 1.165) is 11.1 Å². The molecule has 1 heterocycles. The molecular formula is C19H19NO2. The highest BCUT2D eigenvalue weighted by atomic mass is 16.5. The van der Waals surface area contributed by atoms with Crippen molar-refractivity contribution in [1.29, 1.82) is 0 Å². The van der Waals surface area contributed by atoms with Crippen LogP contribution in [0.3, 0.4) is 0 Å². The molecule has 3 heteroatoms. The van der Waals surface area contributed by atoms with Crippen molar-refractivity contribution in [2.75, 3.05) is 19.7 Å². The molecule has 3 rings (SSSR count). The van der Waals surface area contributed by atoms with Gasteiger partial charge in [0, 0.05) is 12.6 Å². The second-order valence-electron chi connectivity index (χ2n) is 5.30. The maximum absolute atomic E-state index is 12.3. The Kier molecular flexibility index (Phi) is 4.66. The van der Waals surface area contributed by atoms with Gasteiger partial charge in [-0.05, 0) is 17.2 Å². The second kappa shape index (κ2) is 7.05. The predicted molar refractivity (Wildman–Crippen MR) is 87.2 cm³/mol. The molecular weight excluding hydrogens is 274 g/mol. The third kappa shape index (κ3) is 3.62. The minimum atomic E-state index is -0.0379. The summed E-state index contributed by atoms with van der Waals surface area (Å²) in [7, 11) is 0. The molecule has 1 amide bonds. The minimum absolute atomic E-state index is 0.0353. The maximum Gasteiger partial charge on any atom is 0.246 e. The molecule has 2 aromatic carbocycles. The maximum atomic E-state index is 12.3. The van der Waals surface area contributed by atoms with Gasteiger partial charge in [0.25, 0.3) is 0 Å². The van der Waals surface area contributed by atoms with E-state index >= 15 is 0 Å².